The molecule has 0 saturated carbocycles. The molecule has 0 amide bonds. The molecule has 4 heteroatoms. The Balaban J connectivity index is 1.79. The molecule has 0 radical (unpaired) electrons. The van der Waals surface area contributed by atoms with Crippen molar-refractivity contribution in [3.63, 3.8) is 0 Å². The first-order chi connectivity index (χ1) is 14.2. The second kappa shape index (κ2) is 13.0. The lowest BCUT2D eigenvalue weighted by Crippen LogP contribution is -2.38. The smallest absolute Gasteiger partial charge is 0.313 e. The summed E-state index contributed by atoms with van der Waals surface area (Å²) >= 11 is 0. The van der Waals surface area contributed by atoms with Gasteiger partial charge in [0.15, 0.2) is 0 Å². The van der Waals surface area contributed by atoms with E-state index < -0.39 is 0 Å². The summed E-state index contributed by atoms with van der Waals surface area (Å²) < 4.78 is 11.7. The van der Waals surface area contributed by atoms with Crippen LogP contribution in [0.5, 0.6) is 5.75 Å². The minimum absolute atomic E-state index is 0.112. The lowest BCUT2D eigenvalue weighted by Gasteiger charge is -2.27. The fourth-order valence-corrected chi connectivity index (χ4v) is 3.40. The van der Waals surface area contributed by atoms with Crippen LogP contribution in [0.15, 0.2) is 60.7 Å². The molecule has 0 saturated heterocycles. The maximum Gasteiger partial charge on any atom is 0.313 e. The number of esters is 1. The van der Waals surface area contributed by atoms with E-state index in [-0.39, 0.29) is 18.0 Å². The van der Waals surface area contributed by atoms with Crippen molar-refractivity contribution in [3.8, 4) is 5.75 Å². The van der Waals surface area contributed by atoms with E-state index in [1.165, 1.54) is 0 Å². The van der Waals surface area contributed by atoms with E-state index in [0.29, 0.717) is 19.1 Å². The molecule has 2 aromatic rings. The van der Waals surface area contributed by atoms with Crippen molar-refractivity contribution in [1.82, 2.24) is 5.32 Å². The van der Waals surface area contributed by atoms with Crippen LogP contribution < -0.4 is 10.1 Å². The summed E-state index contributed by atoms with van der Waals surface area (Å²) in [4.78, 5) is 12.7. The fourth-order valence-electron chi connectivity index (χ4n) is 3.40. The molecule has 0 aliphatic carbocycles. The molecule has 0 aliphatic heterocycles. The number of rotatable bonds is 13. The van der Waals surface area contributed by atoms with Crippen molar-refractivity contribution in [2.45, 2.75) is 52.1 Å². The lowest BCUT2D eigenvalue weighted by atomic mass is 9.95. The van der Waals surface area contributed by atoms with E-state index in [1.807, 2.05) is 67.6 Å². The number of ether oxygens (including phenoxy) is 2. The third kappa shape index (κ3) is 7.90. The Morgan fingerprint density at radius 2 is 1.59 bits per heavy atom. The van der Waals surface area contributed by atoms with Gasteiger partial charge in [0.2, 0.25) is 0 Å². The van der Waals surface area contributed by atoms with Gasteiger partial charge in [0, 0.05) is 6.54 Å². The van der Waals surface area contributed by atoms with Crippen LogP contribution in [0, 0.1) is 5.92 Å². The molecular formula is C25H35NO3. The summed E-state index contributed by atoms with van der Waals surface area (Å²) in [6, 6.07) is 19.7. The number of benzene rings is 2. The second-order valence-electron chi connectivity index (χ2n) is 7.40. The van der Waals surface area contributed by atoms with Crippen LogP contribution in [0.25, 0.3) is 0 Å². The van der Waals surface area contributed by atoms with Gasteiger partial charge in [-0.25, -0.2) is 0 Å². The molecule has 158 valence electrons. The molecule has 0 spiro atoms. The first-order valence-electron chi connectivity index (χ1n) is 10.8. The molecule has 0 aliphatic rings. The van der Waals surface area contributed by atoms with Gasteiger partial charge in [-0.05, 0) is 56.3 Å². The lowest BCUT2D eigenvalue weighted by molar-refractivity contribution is -0.153. The predicted molar refractivity (Wildman–Crippen MR) is 118 cm³/mol. The van der Waals surface area contributed by atoms with Crippen LogP contribution in [-0.4, -0.2) is 31.8 Å². The van der Waals surface area contributed by atoms with E-state index in [1.54, 1.807) is 0 Å². The van der Waals surface area contributed by atoms with Crippen LogP contribution in [0.4, 0.5) is 0 Å². The molecule has 0 aromatic heterocycles. The topological polar surface area (TPSA) is 47.6 Å². The summed E-state index contributed by atoms with van der Waals surface area (Å²) in [6.45, 7) is 8.39. The highest BCUT2D eigenvalue weighted by Crippen LogP contribution is 2.21. The monoisotopic (exact) mass is 397 g/mol. The van der Waals surface area contributed by atoms with Gasteiger partial charge in [-0.15, -0.1) is 0 Å². The summed E-state index contributed by atoms with van der Waals surface area (Å²) in [5.74, 6) is 0.843. The van der Waals surface area contributed by atoms with E-state index in [0.717, 1.165) is 37.1 Å². The van der Waals surface area contributed by atoms with Crippen LogP contribution in [0.2, 0.25) is 0 Å². The van der Waals surface area contributed by atoms with Gasteiger partial charge in [0.05, 0.1) is 12.5 Å². The van der Waals surface area contributed by atoms with Crippen molar-refractivity contribution in [2.75, 3.05) is 19.7 Å². The van der Waals surface area contributed by atoms with Crippen LogP contribution >= 0.6 is 0 Å². The Hall–Kier alpha value is -2.33. The Morgan fingerprint density at radius 3 is 2.21 bits per heavy atom. The molecule has 29 heavy (non-hydrogen) atoms. The summed E-state index contributed by atoms with van der Waals surface area (Å²) in [5, 5.41) is 3.45. The molecule has 0 heterocycles. The normalized spacial score (nSPS) is 13.1. The molecular weight excluding hydrogens is 362 g/mol. The molecule has 1 unspecified atom stereocenters. The minimum Gasteiger partial charge on any atom is -0.494 e. The molecule has 1 N–H and O–H groups in total. The SMILES string of the molecule is CCC(CC)[C@H](CNCCCOc1ccccc1)OC(=O)C(C)c1ccccc1. The first-order valence-corrected chi connectivity index (χ1v) is 10.8. The maximum absolute atomic E-state index is 12.7. The highest BCUT2D eigenvalue weighted by atomic mass is 16.5. The van der Waals surface area contributed by atoms with Crippen molar-refractivity contribution < 1.29 is 14.3 Å². The quantitative estimate of drug-likeness (QED) is 0.373. The summed E-state index contributed by atoms with van der Waals surface area (Å²) in [5.41, 5.74) is 0.992. The molecule has 0 fully saturated rings. The van der Waals surface area contributed by atoms with E-state index >= 15 is 0 Å². The Morgan fingerprint density at radius 1 is 0.966 bits per heavy atom. The predicted octanol–water partition coefficient (Wildman–Crippen LogP) is 5.20. The van der Waals surface area contributed by atoms with Crippen molar-refractivity contribution in [2.24, 2.45) is 5.92 Å². The Bertz CT molecular complexity index is 686. The van der Waals surface area contributed by atoms with Crippen LogP contribution in [0.3, 0.4) is 0 Å². The van der Waals surface area contributed by atoms with E-state index in [9.17, 15) is 4.79 Å². The Labute approximate surface area is 175 Å². The number of para-hydroxylation sites is 1. The number of hydrogen-bond acceptors (Lipinski definition) is 4. The zero-order chi connectivity index (χ0) is 20.9. The highest BCUT2D eigenvalue weighted by Gasteiger charge is 2.25. The standard InChI is InChI=1S/C25H35NO3/c1-4-21(5-2)24(29-25(27)20(3)22-13-8-6-9-14-22)19-26-17-12-18-28-23-15-10-7-11-16-23/h6-11,13-16,20-21,24,26H,4-5,12,17-19H2,1-3H3/t20?,24-/m0/s1. The van der Waals surface area contributed by atoms with Gasteiger partial charge in [-0.3, -0.25) is 4.79 Å². The largest absolute Gasteiger partial charge is 0.494 e. The fraction of sp³-hybridized carbons (Fsp3) is 0.480. The average Bonchev–Trinajstić information content (AvgIpc) is 2.77. The molecule has 2 aromatic carbocycles. The molecule has 2 rings (SSSR count). The number of hydrogen-bond donors (Lipinski definition) is 1. The molecule has 0 bridgehead atoms. The van der Waals surface area contributed by atoms with Gasteiger partial charge in [-0.1, -0.05) is 62.4 Å². The third-order valence-electron chi connectivity index (χ3n) is 5.35. The van der Waals surface area contributed by atoms with Crippen molar-refractivity contribution in [1.29, 1.82) is 0 Å². The van der Waals surface area contributed by atoms with E-state index in [2.05, 4.69) is 19.2 Å². The van der Waals surface area contributed by atoms with Gasteiger partial charge < -0.3 is 14.8 Å². The molecule has 2 atom stereocenters. The number of nitrogens with one attached hydrogen (secondary N) is 1. The average molecular weight is 398 g/mol. The Kier molecular flexibility index (Phi) is 10.3. The van der Waals surface area contributed by atoms with Gasteiger partial charge >= 0.3 is 5.97 Å². The highest BCUT2D eigenvalue weighted by molar-refractivity contribution is 5.77. The molecule has 4 nitrogen and oxygen atoms in total. The second-order valence-corrected chi connectivity index (χ2v) is 7.40. The van der Waals surface area contributed by atoms with Crippen molar-refractivity contribution in [3.05, 3.63) is 66.2 Å². The van der Waals surface area contributed by atoms with Crippen LogP contribution in [0.1, 0.15) is 51.5 Å². The number of carbonyl (C=O) groups is 1. The van der Waals surface area contributed by atoms with Gasteiger partial charge in [0.1, 0.15) is 11.9 Å². The maximum atomic E-state index is 12.7. The van der Waals surface area contributed by atoms with Crippen LogP contribution in [-0.2, 0) is 9.53 Å². The number of carbonyl (C=O) groups excluding carboxylic acids is 1. The minimum atomic E-state index is -0.257. The zero-order valence-electron chi connectivity index (χ0n) is 18.0. The van der Waals surface area contributed by atoms with Gasteiger partial charge in [0.25, 0.3) is 0 Å². The van der Waals surface area contributed by atoms with Gasteiger partial charge in [-0.2, -0.15) is 0 Å². The third-order valence-corrected chi connectivity index (χ3v) is 5.35. The van der Waals surface area contributed by atoms with Crippen molar-refractivity contribution >= 4 is 5.97 Å². The summed E-state index contributed by atoms with van der Waals surface area (Å²) in [7, 11) is 0. The summed E-state index contributed by atoms with van der Waals surface area (Å²) in [6.07, 6.45) is 2.78. The van der Waals surface area contributed by atoms with E-state index in [4.69, 9.17) is 9.47 Å². The zero-order valence-corrected chi connectivity index (χ0v) is 18.0. The first kappa shape index (κ1) is 23.0.